The Labute approximate surface area is 127 Å². The molecule has 0 spiro atoms. The quantitative estimate of drug-likeness (QED) is 0.837. The Morgan fingerprint density at radius 2 is 2.05 bits per heavy atom. The molecule has 21 heavy (non-hydrogen) atoms. The molecule has 0 atom stereocenters. The van der Waals surface area contributed by atoms with Crippen LogP contribution in [0.5, 0.6) is 0 Å². The third kappa shape index (κ3) is 4.91. The van der Waals surface area contributed by atoms with Crippen LogP contribution in [0.2, 0.25) is 0 Å². The summed E-state index contributed by atoms with van der Waals surface area (Å²) in [6.07, 6.45) is 0. The molecule has 0 aliphatic rings. The molecule has 3 heteroatoms. The minimum Gasteiger partial charge on any atom is -0.384 e. The Balaban J connectivity index is 2.78. The molecule has 3 nitrogen and oxygen atoms in total. The number of hydrogen-bond acceptors (Lipinski definition) is 2. The lowest BCUT2D eigenvalue weighted by Crippen LogP contribution is -2.37. The fraction of sp³-hybridized carbons (Fsp3) is 0.500. The first-order valence-corrected chi connectivity index (χ1v) is 7.26. The fourth-order valence-electron chi connectivity index (χ4n) is 1.69. The first-order valence-electron chi connectivity index (χ1n) is 7.26. The average molecular weight is 287 g/mol. The Kier molecular flexibility index (Phi) is 5.99. The molecule has 0 aromatic heterocycles. The van der Waals surface area contributed by atoms with Crippen molar-refractivity contribution < 1.29 is 9.90 Å². The van der Waals surface area contributed by atoms with E-state index in [-0.39, 0.29) is 17.9 Å². The summed E-state index contributed by atoms with van der Waals surface area (Å²) in [6, 6.07) is 5.42. The number of nitrogens with one attached hydrogen (secondary N) is 1. The molecule has 1 amide bonds. The van der Waals surface area contributed by atoms with Crippen LogP contribution >= 0.6 is 0 Å². The van der Waals surface area contributed by atoms with Crippen LogP contribution in [-0.4, -0.2) is 24.2 Å². The van der Waals surface area contributed by atoms with Crippen LogP contribution in [0, 0.1) is 30.1 Å². The molecule has 114 valence electrons. The van der Waals surface area contributed by atoms with Gasteiger partial charge < -0.3 is 10.4 Å². The fourth-order valence-corrected chi connectivity index (χ4v) is 1.69. The van der Waals surface area contributed by atoms with E-state index < -0.39 is 0 Å². The summed E-state index contributed by atoms with van der Waals surface area (Å²) in [4.78, 5) is 12.2. The lowest BCUT2D eigenvalue weighted by molar-refractivity contribution is 0.0924. The standard InChI is InChI=1S/C18H25NO2/c1-13(2)18(4,5)12-19-17(21)16-9-8-15(7-6-10-20)14(3)11-16/h8-9,11,13,20H,10,12H2,1-5H3,(H,19,21). The van der Waals surface area contributed by atoms with E-state index in [0.717, 1.165) is 11.1 Å². The number of carbonyl (C=O) groups is 1. The topological polar surface area (TPSA) is 49.3 Å². The second-order valence-electron chi connectivity index (χ2n) is 6.32. The number of amides is 1. The zero-order chi connectivity index (χ0) is 16.0. The van der Waals surface area contributed by atoms with Gasteiger partial charge in [-0.1, -0.05) is 39.5 Å². The summed E-state index contributed by atoms with van der Waals surface area (Å²) in [5.74, 6) is 5.92. The molecule has 0 bridgehead atoms. The lowest BCUT2D eigenvalue weighted by atomic mass is 9.81. The Hall–Kier alpha value is -1.79. The highest BCUT2D eigenvalue weighted by Gasteiger charge is 2.23. The summed E-state index contributed by atoms with van der Waals surface area (Å²) in [5, 5.41) is 11.7. The van der Waals surface area contributed by atoms with E-state index >= 15 is 0 Å². The average Bonchev–Trinajstić information content (AvgIpc) is 2.43. The molecular formula is C18H25NO2. The third-order valence-corrected chi connectivity index (χ3v) is 4.06. The molecule has 0 unspecified atom stereocenters. The zero-order valence-electron chi connectivity index (χ0n) is 13.6. The highest BCUT2D eigenvalue weighted by Crippen LogP contribution is 2.24. The van der Waals surface area contributed by atoms with Crippen molar-refractivity contribution in [3.05, 3.63) is 34.9 Å². The SMILES string of the molecule is Cc1cc(C(=O)NCC(C)(C)C(C)C)ccc1C#CCO. The molecule has 0 fully saturated rings. The van der Waals surface area contributed by atoms with E-state index in [1.165, 1.54) is 0 Å². The van der Waals surface area contributed by atoms with Gasteiger partial charge in [0.25, 0.3) is 5.91 Å². The molecule has 0 heterocycles. The zero-order valence-corrected chi connectivity index (χ0v) is 13.6. The van der Waals surface area contributed by atoms with Gasteiger partial charge in [0.05, 0.1) is 0 Å². The monoisotopic (exact) mass is 287 g/mol. The van der Waals surface area contributed by atoms with E-state index in [4.69, 9.17) is 5.11 Å². The van der Waals surface area contributed by atoms with Crippen LogP contribution in [0.25, 0.3) is 0 Å². The van der Waals surface area contributed by atoms with Crippen molar-refractivity contribution in [2.45, 2.75) is 34.6 Å². The predicted octanol–water partition coefficient (Wildman–Crippen LogP) is 2.75. The van der Waals surface area contributed by atoms with Gasteiger partial charge in [0.2, 0.25) is 0 Å². The van der Waals surface area contributed by atoms with Crippen molar-refractivity contribution in [1.29, 1.82) is 0 Å². The van der Waals surface area contributed by atoms with Crippen molar-refractivity contribution in [3.8, 4) is 11.8 Å². The molecule has 0 saturated carbocycles. The molecule has 1 aromatic rings. The van der Waals surface area contributed by atoms with Crippen LogP contribution in [0.1, 0.15) is 49.2 Å². The molecule has 0 saturated heterocycles. The number of aryl methyl sites for hydroxylation is 1. The van der Waals surface area contributed by atoms with E-state index in [0.29, 0.717) is 18.0 Å². The summed E-state index contributed by atoms with van der Waals surface area (Å²) in [7, 11) is 0. The number of rotatable bonds is 4. The maximum Gasteiger partial charge on any atom is 0.251 e. The summed E-state index contributed by atoms with van der Waals surface area (Å²) in [5.41, 5.74) is 2.48. The molecule has 0 aliphatic carbocycles. The summed E-state index contributed by atoms with van der Waals surface area (Å²) < 4.78 is 0. The van der Waals surface area contributed by atoms with Crippen LogP contribution in [0.3, 0.4) is 0 Å². The number of aliphatic hydroxyl groups is 1. The first kappa shape index (κ1) is 17.3. The highest BCUT2D eigenvalue weighted by molar-refractivity contribution is 5.94. The van der Waals surface area contributed by atoms with Crippen LogP contribution in [0.4, 0.5) is 0 Å². The number of carbonyl (C=O) groups excluding carboxylic acids is 1. The summed E-state index contributed by atoms with van der Waals surface area (Å²) >= 11 is 0. The van der Waals surface area contributed by atoms with Crippen LogP contribution in [-0.2, 0) is 0 Å². The van der Waals surface area contributed by atoms with Crippen LogP contribution < -0.4 is 5.32 Å². The van der Waals surface area contributed by atoms with Crippen molar-refractivity contribution in [2.24, 2.45) is 11.3 Å². The van der Waals surface area contributed by atoms with Gasteiger partial charge in [0, 0.05) is 17.7 Å². The molecule has 0 aliphatic heterocycles. The molecular weight excluding hydrogens is 262 g/mol. The van der Waals surface area contributed by atoms with Crippen LogP contribution in [0.15, 0.2) is 18.2 Å². The number of hydrogen-bond donors (Lipinski definition) is 2. The van der Waals surface area contributed by atoms with Gasteiger partial charge in [-0.25, -0.2) is 0 Å². The Morgan fingerprint density at radius 3 is 2.57 bits per heavy atom. The maximum atomic E-state index is 12.2. The van der Waals surface area contributed by atoms with Crippen molar-refractivity contribution >= 4 is 5.91 Å². The van der Waals surface area contributed by atoms with E-state index in [1.807, 2.05) is 19.1 Å². The maximum absolute atomic E-state index is 12.2. The van der Waals surface area contributed by atoms with Gasteiger partial charge in [-0.2, -0.15) is 0 Å². The normalized spacial score (nSPS) is 11.0. The lowest BCUT2D eigenvalue weighted by Gasteiger charge is -2.29. The molecule has 2 N–H and O–H groups in total. The predicted molar refractivity (Wildman–Crippen MR) is 86.1 cm³/mol. The van der Waals surface area contributed by atoms with Crippen molar-refractivity contribution in [1.82, 2.24) is 5.32 Å². The number of aliphatic hydroxyl groups excluding tert-OH is 1. The van der Waals surface area contributed by atoms with Gasteiger partial charge in [0.15, 0.2) is 0 Å². The van der Waals surface area contributed by atoms with Gasteiger partial charge in [-0.3, -0.25) is 4.79 Å². The first-order chi connectivity index (χ1) is 9.77. The molecule has 0 radical (unpaired) electrons. The van der Waals surface area contributed by atoms with E-state index in [1.54, 1.807) is 6.07 Å². The Morgan fingerprint density at radius 1 is 1.38 bits per heavy atom. The largest absolute Gasteiger partial charge is 0.384 e. The van der Waals surface area contributed by atoms with Gasteiger partial charge in [-0.15, -0.1) is 0 Å². The van der Waals surface area contributed by atoms with E-state index in [2.05, 4.69) is 44.9 Å². The minimum absolute atomic E-state index is 0.0616. The van der Waals surface area contributed by atoms with Gasteiger partial charge in [-0.05, 0) is 42.0 Å². The third-order valence-electron chi connectivity index (χ3n) is 4.06. The second-order valence-corrected chi connectivity index (χ2v) is 6.32. The smallest absolute Gasteiger partial charge is 0.251 e. The Bertz CT molecular complexity index is 562. The number of benzene rings is 1. The van der Waals surface area contributed by atoms with Crippen molar-refractivity contribution in [3.63, 3.8) is 0 Å². The van der Waals surface area contributed by atoms with Gasteiger partial charge >= 0.3 is 0 Å². The highest BCUT2D eigenvalue weighted by atomic mass is 16.2. The molecule has 1 rings (SSSR count). The minimum atomic E-state index is -0.161. The molecule has 1 aromatic carbocycles. The van der Waals surface area contributed by atoms with Crippen molar-refractivity contribution in [2.75, 3.05) is 13.2 Å². The van der Waals surface area contributed by atoms with E-state index in [9.17, 15) is 4.79 Å². The van der Waals surface area contributed by atoms with Gasteiger partial charge in [0.1, 0.15) is 6.61 Å². The summed E-state index contributed by atoms with van der Waals surface area (Å²) in [6.45, 7) is 11.0. The second kappa shape index (κ2) is 7.28.